The average molecular weight is 300 g/mol. The van der Waals surface area contributed by atoms with Crippen molar-refractivity contribution in [2.75, 3.05) is 13.2 Å². The van der Waals surface area contributed by atoms with Crippen LogP contribution in [0.4, 0.5) is 0 Å². The van der Waals surface area contributed by atoms with Gasteiger partial charge in [-0.15, -0.1) is 0 Å². The molecule has 4 heteroatoms. The van der Waals surface area contributed by atoms with E-state index < -0.39 is 0 Å². The van der Waals surface area contributed by atoms with Crippen LogP contribution in [0.15, 0.2) is 18.2 Å². The maximum absolute atomic E-state index is 6.23. The first-order valence-corrected chi connectivity index (χ1v) is 7.44. The van der Waals surface area contributed by atoms with Gasteiger partial charge in [0.2, 0.25) is 0 Å². The molecule has 0 fully saturated rings. The van der Waals surface area contributed by atoms with Crippen LogP contribution in [0.25, 0.3) is 0 Å². The van der Waals surface area contributed by atoms with E-state index in [1.807, 2.05) is 32.0 Å². The number of nitrogens with one attached hydrogen (secondary N) is 1. The Morgan fingerprint density at radius 1 is 1.20 bits per heavy atom. The van der Waals surface area contributed by atoms with Crippen molar-refractivity contribution in [2.45, 2.75) is 52.8 Å². The van der Waals surface area contributed by atoms with Gasteiger partial charge in [-0.05, 0) is 40.7 Å². The first kappa shape index (κ1) is 17.3. The summed E-state index contributed by atoms with van der Waals surface area (Å²) in [7, 11) is 0. The lowest BCUT2D eigenvalue weighted by atomic mass is 10.1. The molecule has 114 valence electrons. The van der Waals surface area contributed by atoms with Gasteiger partial charge in [-0.1, -0.05) is 23.7 Å². The fraction of sp³-hybridized carbons (Fsp3) is 0.625. The normalized spacial score (nSPS) is 11.9. The van der Waals surface area contributed by atoms with E-state index in [4.69, 9.17) is 21.1 Å². The van der Waals surface area contributed by atoms with E-state index in [1.165, 1.54) is 0 Å². The van der Waals surface area contributed by atoms with Crippen molar-refractivity contribution in [1.29, 1.82) is 0 Å². The van der Waals surface area contributed by atoms with Crippen LogP contribution in [0.3, 0.4) is 0 Å². The first-order valence-electron chi connectivity index (χ1n) is 7.06. The lowest BCUT2D eigenvalue weighted by Gasteiger charge is -2.22. The molecule has 0 amide bonds. The maximum atomic E-state index is 6.23. The van der Waals surface area contributed by atoms with Crippen molar-refractivity contribution in [1.82, 2.24) is 5.32 Å². The summed E-state index contributed by atoms with van der Waals surface area (Å²) in [4.78, 5) is 0. The highest BCUT2D eigenvalue weighted by Crippen LogP contribution is 2.29. The number of hydrogen-bond acceptors (Lipinski definition) is 3. The van der Waals surface area contributed by atoms with E-state index in [0.717, 1.165) is 17.9 Å². The van der Waals surface area contributed by atoms with Crippen molar-refractivity contribution < 1.29 is 9.47 Å². The molecule has 1 aromatic carbocycles. The molecule has 1 N–H and O–H groups in total. The molecule has 1 aromatic rings. The number of halogens is 1. The lowest BCUT2D eigenvalue weighted by Crippen LogP contribution is -2.35. The van der Waals surface area contributed by atoms with Gasteiger partial charge in [0.05, 0.1) is 17.7 Å². The van der Waals surface area contributed by atoms with E-state index in [2.05, 4.69) is 26.1 Å². The third-order valence-electron chi connectivity index (χ3n) is 2.64. The molecule has 0 aliphatic carbocycles. The third-order valence-corrected chi connectivity index (χ3v) is 2.94. The van der Waals surface area contributed by atoms with Crippen molar-refractivity contribution in [2.24, 2.45) is 0 Å². The Labute approximate surface area is 127 Å². The fourth-order valence-electron chi connectivity index (χ4n) is 1.64. The number of rotatable bonds is 7. The molecular formula is C16H26ClNO2. The second-order valence-electron chi connectivity index (χ2n) is 6.10. The van der Waals surface area contributed by atoms with E-state index in [0.29, 0.717) is 18.2 Å². The minimum atomic E-state index is 0.0559. The van der Waals surface area contributed by atoms with Crippen molar-refractivity contribution in [3.05, 3.63) is 28.8 Å². The maximum Gasteiger partial charge on any atom is 0.142 e. The summed E-state index contributed by atoms with van der Waals surface area (Å²) < 4.78 is 11.3. The lowest BCUT2D eigenvalue weighted by molar-refractivity contribution is 0.0550. The summed E-state index contributed by atoms with van der Waals surface area (Å²) in [5.74, 6) is 0.748. The molecule has 0 heterocycles. The zero-order valence-electron chi connectivity index (χ0n) is 13.1. The van der Waals surface area contributed by atoms with Gasteiger partial charge in [0.15, 0.2) is 0 Å². The summed E-state index contributed by atoms with van der Waals surface area (Å²) in [5, 5.41) is 4.09. The van der Waals surface area contributed by atoms with Gasteiger partial charge >= 0.3 is 0 Å². The summed E-state index contributed by atoms with van der Waals surface area (Å²) in [6.07, 6.45) is 0.215. The Morgan fingerprint density at radius 3 is 2.50 bits per heavy atom. The second-order valence-corrected chi connectivity index (χ2v) is 6.51. The van der Waals surface area contributed by atoms with Crippen LogP contribution < -0.4 is 10.1 Å². The van der Waals surface area contributed by atoms with Gasteiger partial charge in [0.25, 0.3) is 0 Å². The topological polar surface area (TPSA) is 30.5 Å². The van der Waals surface area contributed by atoms with Crippen molar-refractivity contribution in [3.8, 4) is 5.75 Å². The molecule has 1 rings (SSSR count). The molecule has 0 atom stereocenters. The zero-order chi connectivity index (χ0) is 15.2. The summed E-state index contributed by atoms with van der Waals surface area (Å²) >= 11 is 6.23. The Hall–Kier alpha value is -0.770. The quantitative estimate of drug-likeness (QED) is 0.771. The standard InChI is InChI=1S/C16H26ClNO2/c1-12(2)19-9-10-20-15-13(7-6-8-14(15)17)11-18-16(3,4)5/h6-8,12,18H,9-11H2,1-5H3. The Morgan fingerprint density at radius 2 is 1.90 bits per heavy atom. The number of benzene rings is 1. The van der Waals surface area contributed by atoms with E-state index in [1.54, 1.807) is 0 Å². The van der Waals surface area contributed by atoms with Crippen LogP contribution in [0, 0.1) is 0 Å². The van der Waals surface area contributed by atoms with Crippen LogP contribution in [-0.2, 0) is 11.3 Å². The van der Waals surface area contributed by atoms with Gasteiger partial charge < -0.3 is 14.8 Å². The molecule has 0 aliphatic rings. The average Bonchev–Trinajstić information content (AvgIpc) is 2.32. The minimum absolute atomic E-state index is 0.0559. The molecule has 3 nitrogen and oxygen atoms in total. The molecule has 0 spiro atoms. The van der Waals surface area contributed by atoms with E-state index in [9.17, 15) is 0 Å². The molecule has 0 radical (unpaired) electrons. The minimum Gasteiger partial charge on any atom is -0.489 e. The van der Waals surface area contributed by atoms with E-state index >= 15 is 0 Å². The van der Waals surface area contributed by atoms with Crippen LogP contribution in [0.2, 0.25) is 5.02 Å². The largest absolute Gasteiger partial charge is 0.489 e. The summed E-state index contributed by atoms with van der Waals surface area (Å²) in [6.45, 7) is 12.2. The fourth-order valence-corrected chi connectivity index (χ4v) is 1.89. The summed E-state index contributed by atoms with van der Waals surface area (Å²) in [6, 6.07) is 5.82. The monoisotopic (exact) mass is 299 g/mol. The van der Waals surface area contributed by atoms with Gasteiger partial charge in [0, 0.05) is 17.6 Å². The Bertz CT molecular complexity index is 413. The van der Waals surface area contributed by atoms with Crippen LogP contribution in [0.5, 0.6) is 5.75 Å². The predicted octanol–water partition coefficient (Wildman–Crippen LogP) is 4.03. The molecule has 0 saturated heterocycles. The molecule has 20 heavy (non-hydrogen) atoms. The van der Waals surface area contributed by atoms with Gasteiger partial charge in [-0.25, -0.2) is 0 Å². The predicted molar refractivity (Wildman–Crippen MR) is 84.6 cm³/mol. The number of para-hydroxylation sites is 1. The van der Waals surface area contributed by atoms with Crippen molar-refractivity contribution >= 4 is 11.6 Å². The zero-order valence-corrected chi connectivity index (χ0v) is 13.9. The van der Waals surface area contributed by atoms with Crippen LogP contribution in [0.1, 0.15) is 40.2 Å². The highest BCUT2D eigenvalue weighted by molar-refractivity contribution is 6.32. The van der Waals surface area contributed by atoms with E-state index in [-0.39, 0.29) is 11.6 Å². The number of hydrogen-bond donors (Lipinski definition) is 1. The SMILES string of the molecule is CC(C)OCCOc1c(Cl)cccc1CNC(C)(C)C. The van der Waals surface area contributed by atoms with Gasteiger partial charge in [-0.3, -0.25) is 0 Å². The van der Waals surface area contributed by atoms with Crippen LogP contribution in [-0.4, -0.2) is 24.9 Å². The Balaban J connectivity index is 2.63. The third kappa shape index (κ3) is 6.60. The highest BCUT2D eigenvalue weighted by Gasteiger charge is 2.13. The Kier molecular flexibility index (Phi) is 6.80. The van der Waals surface area contributed by atoms with Crippen molar-refractivity contribution in [3.63, 3.8) is 0 Å². The van der Waals surface area contributed by atoms with Gasteiger partial charge in [-0.2, -0.15) is 0 Å². The highest BCUT2D eigenvalue weighted by atomic mass is 35.5. The molecule has 0 aromatic heterocycles. The smallest absolute Gasteiger partial charge is 0.142 e. The molecule has 0 aliphatic heterocycles. The second kappa shape index (κ2) is 7.87. The molecule has 0 unspecified atom stereocenters. The molecular weight excluding hydrogens is 274 g/mol. The van der Waals surface area contributed by atoms with Gasteiger partial charge in [0.1, 0.15) is 12.4 Å². The number of ether oxygens (including phenoxy) is 2. The first-order chi connectivity index (χ1) is 9.29. The summed E-state index contributed by atoms with van der Waals surface area (Å²) in [5.41, 5.74) is 1.12. The van der Waals surface area contributed by atoms with Crippen LogP contribution >= 0.6 is 11.6 Å². The molecule has 0 saturated carbocycles. The molecule has 0 bridgehead atoms.